The molecule has 1 atom stereocenters. The molecule has 0 saturated carbocycles. The van der Waals surface area contributed by atoms with Crippen molar-refractivity contribution in [1.82, 2.24) is 0 Å². The van der Waals surface area contributed by atoms with Crippen LogP contribution in [0.2, 0.25) is 0 Å². The molecule has 3 nitrogen and oxygen atoms in total. The maximum atomic E-state index is 11.7. The molecule has 1 N–H and O–H groups in total. The third-order valence-corrected chi connectivity index (χ3v) is 2.50. The predicted octanol–water partition coefficient (Wildman–Crippen LogP) is 3.61. The van der Waals surface area contributed by atoms with Crippen LogP contribution < -0.4 is 5.32 Å². The lowest BCUT2D eigenvalue weighted by Crippen LogP contribution is -2.16. The molecule has 2 rings (SSSR count). The number of para-hydroxylation sites is 1. The molecule has 0 aromatic heterocycles. The van der Waals surface area contributed by atoms with Crippen molar-refractivity contribution >= 4 is 11.8 Å². The number of hydrogen-bond acceptors (Lipinski definition) is 2. The summed E-state index contributed by atoms with van der Waals surface area (Å²) in [4.78, 5) is 11.7. The van der Waals surface area contributed by atoms with Gasteiger partial charge in [0.25, 0.3) is 0 Å². The van der Waals surface area contributed by atoms with Gasteiger partial charge in [-0.15, -0.1) is 6.42 Å². The van der Waals surface area contributed by atoms with Gasteiger partial charge in [-0.25, -0.2) is 4.79 Å². The first-order valence-electron chi connectivity index (χ1n) is 5.83. The summed E-state index contributed by atoms with van der Waals surface area (Å²) < 4.78 is 5.20. The van der Waals surface area contributed by atoms with Crippen molar-refractivity contribution in [2.75, 3.05) is 5.32 Å². The summed E-state index contributed by atoms with van der Waals surface area (Å²) in [5, 5.41) is 2.62. The zero-order chi connectivity index (χ0) is 13.5. The van der Waals surface area contributed by atoms with Crippen molar-refractivity contribution < 1.29 is 9.53 Å². The molecular weight excluding hydrogens is 238 g/mol. The number of carbonyl (C=O) groups is 1. The molecule has 0 radical (unpaired) electrons. The van der Waals surface area contributed by atoms with Crippen LogP contribution in [0.3, 0.4) is 0 Å². The van der Waals surface area contributed by atoms with Gasteiger partial charge in [0.1, 0.15) is 0 Å². The van der Waals surface area contributed by atoms with E-state index in [1.54, 1.807) is 12.1 Å². The normalized spacial score (nSPS) is 11.1. The number of benzene rings is 2. The topological polar surface area (TPSA) is 38.3 Å². The minimum atomic E-state index is -0.690. The molecule has 0 aliphatic rings. The van der Waals surface area contributed by atoms with E-state index in [9.17, 15) is 4.79 Å². The SMILES string of the molecule is C#CC(OC(=O)Nc1ccccc1)c1ccccc1. The Kier molecular flexibility index (Phi) is 4.20. The van der Waals surface area contributed by atoms with E-state index in [-0.39, 0.29) is 0 Å². The van der Waals surface area contributed by atoms with Crippen LogP contribution in [-0.2, 0) is 4.74 Å². The molecule has 3 heteroatoms. The molecule has 1 amide bonds. The fraction of sp³-hybridized carbons (Fsp3) is 0.0625. The molecule has 0 spiro atoms. The van der Waals surface area contributed by atoms with Gasteiger partial charge in [0.15, 0.2) is 6.10 Å². The van der Waals surface area contributed by atoms with Crippen molar-refractivity contribution in [2.24, 2.45) is 0 Å². The minimum Gasteiger partial charge on any atom is -0.428 e. The second kappa shape index (κ2) is 6.27. The number of terminal acetylenes is 1. The smallest absolute Gasteiger partial charge is 0.413 e. The predicted molar refractivity (Wildman–Crippen MR) is 74.6 cm³/mol. The molecular formula is C16H13NO2. The lowest BCUT2D eigenvalue weighted by molar-refractivity contribution is 0.138. The number of nitrogens with one attached hydrogen (secondary N) is 1. The van der Waals surface area contributed by atoms with E-state index in [1.165, 1.54) is 0 Å². The van der Waals surface area contributed by atoms with Gasteiger partial charge in [-0.3, -0.25) is 5.32 Å². The number of ether oxygens (including phenoxy) is 1. The van der Waals surface area contributed by atoms with Crippen LogP contribution in [0.15, 0.2) is 60.7 Å². The highest BCUT2D eigenvalue weighted by atomic mass is 16.6. The van der Waals surface area contributed by atoms with E-state index in [0.717, 1.165) is 5.56 Å². The van der Waals surface area contributed by atoms with Gasteiger partial charge in [0, 0.05) is 11.3 Å². The van der Waals surface area contributed by atoms with Crippen molar-refractivity contribution in [1.29, 1.82) is 0 Å². The summed E-state index contributed by atoms with van der Waals surface area (Å²) in [5.41, 5.74) is 1.43. The van der Waals surface area contributed by atoms with Gasteiger partial charge in [0.05, 0.1) is 0 Å². The monoisotopic (exact) mass is 251 g/mol. The van der Waals surface area contributed by atoms with Gasteiger partial charge >= 0.3 is 6.09 Å². The Bertz CT molecular complexity index is 573. The molecule has 1 unspecified atom stereocenters. The molecule has 0 heterocycles. The molecule has 0 bridgehead atoms. The van der Waals surface area contributed by atoms with Gasteiger partial charge in [-0.1, -0.05) is 54.5 Å². The zero-order valence-electron chi connectivity index (χ0n) is 10.2. The van der Waals surface area contributed by atoms with E-state index in [2.05, 4.69) is 11.2 Å². The lowest BCUT2D eigenvalue weighted by atomic mass is 10.1. The summed E-state index contributed by atoms with van der Waals surface area (Å²) in [6.07, 6.45) is 4.13. The Morgan fingerprint density at radius 3 is 2.21 bits per heavy atom. The van der Waals surface area contributed by atoms with Crippen LogP contribution in [0.4, 0.5) is 10.5 Å². The second-order valence-electron chi connectivity index (χ2n) is 3.85. The zero-order valence-corrected chi connectivity index (χ0v) is 10.2. The Morgan fingerprint density at radius 2 is 1.63 bits per heavy atom. The van der Waals surface area contributed by atoms with Crippen molar-refractivity contribution in [2.45, 2.75) is 6.10 Å². The Balaban J connectivity index is 2.00. The highest BCUT2D eigenvalue weighted by Gasteiger charge is 2.13. The average molecular weight is 251 g/mol. The first kappa shape index (κ1) is 12.7. The van der Waals surface area contributed by atoms with Crippen LogP contribution in [0.25, 0.3) is 0 Å². The van der Waals surface area contributed by atoms with Gasteiger partial charge in [-0.2, -0.15) is 0 Å². The highest BCUT2D eigenvalue weighted by molar-refractivity contribution is 5.84. The molecule has 2 aromatic carbocycles. The van der Waals surface area contributed by atoms with Crippen molar-refractivity contribution in [3.63, 3.8) is 0 Å². The van der Waals surface area contributed by atoms with Crippen LogP contribution >= 0.6 is 0 Å². The first-order valence-corrected chi connectivity index (χ1v) is 5.83. The Labute approximate surface area is 112 Å². The quantitative estimate of drug-likeness (QED) is 0.846. The van der Waals surface area contributed by atoms with Gasteiger partial charge in [0.2, 0.25) is 0 Å². The highest BCUT2D eigenvalue weighted by Crippen LogP contribution is 2.17. The summed E-state index contributed by atoms with van der Waals surface area (Å²) in [7, 11) is 0. The Hall–Kier alpha value is -2.73. The van der Waals surface area contributed by atoms with Crippen molar-refractivity contribution in [3.05, 3.63) is 66.2 Å². The molecule has 0 aliphatic heterocycles. The summed E-state index contributed by atoms with van der Waals surface area (Å²) >= 11 is 0. The number of carbonyl (C=O) groups excluding carboxylic acids is 1. The molecule has 19 heavy (non-hydrogen) atoms. The van der Waals surface area contributed by atoms with Crippen LogP contribution in [0, 0.1) is 12.3 Å². The van der Waals surface area contributed by atoms with E-state index in [0.29, 0.717) is 5.69 Å². The van der Waals surface area contributed by atoms with E-state index in [4.69, 9.17) is 11.2 Å². The first-order chi connectivity index (χ1) is 9.29. The van der Waals surface area contributed by atoms with Gasteiger partial charge < -0.3 is 4.74 Å². The van der Waals surface area contributed by atoms with Crippen LogP contribution in [-0.4, -0.2) is 6.09 Å². The summed E-state index contributed by atoms with van der Waals surface area (Å²) in [5.74, 6) is 2.45. The second-order valence-corrected chi connectivity index (χ2v) is 3.85. The lowest BCUT2D eigenvalue weighted by Gasteiger charge is -2.13. The molecule has 2 aromatic rings. The number of hydrogen-bond donors (Lipinski definition) is 1. The Morgan fingerprint density at radius 1 is 1.05 bits per heavy atom. The fourth-order valence-corrected chi connectivity index (χ4v) is 1.60. The molecule has 94 valence electrons. The molecule has 0 aliphatic carbocycles. The maximum Gasteiger partial charge on any atom is 0.413 e. The van der Waals surface area contributed by atoms with Crippen LogP contribution in [0.1, 0.15) is 11.7 Å². The number of amides is 1. The fourth-order valence-electron chi connectivity index (χ4n) is 1.60. The molecule has 0 saturated heterocycles. The van der Waals surface area contributed by atoms with Crippen LogP contribution in [0.5, 0.6) is 0 Å². The van der Waals surface area contributed by atoms with Gasteiger partial charge in [-0.05, 0) is 12.1 Å². The minimum absolute atomic E-state index is 0.571. The third kappa shape index (κ3) is 3.62. The number of rotatable bonds is 3. The van der Waals surface area contributed by atoms with E-state index >= 15 is 0 Å². The summed E-state index contributed by atoms with van der Waals surface area (Å²) in [6.45, 7) is 0. The van der Waals surface area contributed by atoms with E-state index in [1.807, 2.05) is 48.5 Å². The standard InChI is InChI=1S/C16H13NO2/c1-2-15(13-9-5-3-6-10-13)19-16(18)17-14-11-7-4-8-12-14/h1,3-12,15H,(H,17,18). The largest absolute Gasteiger partial charge is 0.428 e. The van der Waals surface area contributed by atoms with E-state index < -0.39 is 12.2 Å². The average Bonchev–Trinajstić information content (AvgIpc) is 2.47. The maximum absolute atomic E-state index is 11.7. The summed E-state index contributed by atoms with van der Waals surface area (Å²) in [6, 6.07) is 18.3. The number of anilines is 1. The third-order valence-electron chi connectivity index (χ3n) is 2.50. The molecule has 0 fully saturated rings. The van der Waals surface area contributed by atoms with Crippen molar-refractivity contribution in [3.8, 4) is 12.3 Å².